The molecule has 4 rings (SSSR count). The zero-order valence-corrected chi connectivity index (χ0v) is 15.3. The van der Waals surface area contributed by atoms with Crippen LogP contribution in [0.15, 0.2) is 65.1 Å². The Morgan fingerprint density at radius 2 is 2.23 bits per heavy atom. The summed E-state index contributed by atoms with van der Waals surface area (Å²) in [7, 11) is 0. The summed E-state index contributed by atoms with van der Waals surface area (Å²) in [6.07, 6.45) is 15.2. The third-order valence-corrected chi connectivity index (χ3v) is 5.43. The fourth-order valence-corrected chi connectivity index (χ4v) is 3.80. The molecule has 2 N–H and O–H groups in total. The lowest BCUT2D eigenvalue weighted by atomic mass is 10.0. The average Bonchev–Trinajstić information content (AvgIpc) is 3.42. The molecule has 1 saturated heterocycles. The maximum atomic E-state index is 13.9. The summed E-state index contributed by atoms with van der Waals surface area (Å²) in [5.74, 6) is 1.48. The number of rotatable bonds is 4. The SMILES string of the molecule is C=C1C=C(C2CC2)C=CN1/C(=C\C)C1CC=CC(NC2CNCC2F)=N1. The summed E-state index contributed by atoms with van der Waals surface area (Å²) in [6, 6.07) is -0.197. The highest BCUT2D eigenvalue weighted by Gasteiger charge is 2.30. The van der Waals surface area contributed by atoms with E-state index >= 15 is 0 Å². The van der Waals surface area contributed by atoms with E-state index in [1.807, 2.05) is 13.0 Å². The molecule has 4 nitrogen and oxygen atoms in total. The van der Waals surface area contributed by atoms with Crippen molar-refractivity contribution in [3.05, 3.63) is 60.1 Å². The Morgan fingerprint density at radius 3 is 2.88 bits per heavy atom. The topological polar surface area (TPSA) is 39.7 Å². The van der Waals surface area contributed by atoms with Crippen LogP contribution in [0, 0.1) is 5.92 Å². The highest BCUT2D eigenvalue weighted by Crippen LogP contribution is 2.40. The molecular weight excluding hydrogens is 327 g/mol. The molecule has 0 radical (unpaired) electrons. The van der Waals surface area contributed by atoms with Gasteiger partial charge in [0.2, 0.25) is 0 Å². The number of nitrogens with one attached hydrogen (secondary N) is 2. The highest BCUT2D eigenvalue weighted by atomic mass is 19.1. The first-order valence-electron chi connectivity index (χ1n) is 9.55. The normalized spacial score (nSPS) is 31.9. The first kappa shape index (κ1) is 17.3. The number of allylic oxidation sites excluding steroid dienone is 4. The van der Waals surface area contributed by atoms with E-state index < -0.39 is 6.17 Å². The van der Waals surface area contributed by atoms with Crippen LogP contribution in [-0.2, 0) is 0 Å². The van der Waals surface area contributed by atoms with Gasteiger partial charge in [-0.15, -0.1) is 0 Å². The largest absolute Gasteiger partial charge is 0.363 e. The van der Waals surface area contributed by atoms with Gasteiger partial charge in [0.05, 0.1) is 12.1 Å². The van der Waals surface area contributed by atoms with Crippen LogP contribution in [0.5, 0.6) is 0 Å². The lowest BCUT2D eigenvalue weighted by Crippen LogP contribution is -2.42. The molecular formula is C21H27FN4. The van der Waals surface area contributed by atoms with E-state index in [9.17, 15) is 4.39 Å². The molecule has 0 aromatic carbocycles. The van der Waals surface area contributed by atoms with Gasteiger partial charge in [0, 0.05) is 30.7 Å². The number of halogens is 1. The fraction of sp³-hybridized carbons (Fsp3) is 0.476. The Bertz CT molecular complexity index is 726. The van der Waals surface area contributed by atoms with Gasteiger partial charge in [0.1, 0.15) is 12.0 Å². The summed E-state index contributed by atoms with van der Waals surface area (Å²) in [5.41, 5.74) is 3.49. The lowest BCUT2D eigenvalue weighted by molar-refractivity contribution is 0.318. The number of hydrogen-bond donors (Lipinski definition) is 2. The molecule has 0 spiro atoms. The van der Waals surface area contributed by atoms with E-state index in [4.69, 9.17) is 4.99 Å². The second-order valence-electron chi connectivity index (χ2n) is 7.40. The van der Waals surface area contributed by atoms with Crippen molar-refractivity contribution < 1.29 is 4.39 Å². The average molecular weight is 354 g/mol. The van der Waals surface area contributed by atoms with Crippen LogP contribution < -0.4 is 10.6 Å². The molecule has 138 valence electrons. The Morgan fingerprint density at radius 1 is 1.38 bits per heavy atom. The maximum Gasteiger partial charge on any atom is 0.134 e. The molecule has 0 amide bonds. The molecule has 0 aromatic heterocycles. The fourth-order valence-electron chi connectivity index (χ4n) is 3.80. The zero-order valence-electron chi connectivity index (χ0n) is 15.3. The van der Waals surface area contributed by atoms with Gasteiger partial charge in [0.25, 0.3) is 0 Å². The van der Waals surface area contributed by atoms with Crippen LogP contribution in [0.2, 0.25) is 0 Å². The summed E-state index contributed by atoms with van der Waals surface area (Å²) < 4.78 is 13.9. The number of alkyl halides is 1. The van der Waals surface area contributed by atoms with Crippen molar-refractivity contribution in [3.63, 3.8) is 0 Å². The molecule has 0 aromatic rings. The minimum atomic E-state index is -0.872. The Hall–Kier alpha value is -2.14. The minimum absolute atomic E-state index is 0.0113. The molecule has 3 aliphatic heterocycles. The van der Waals surface area contributed by atoms with Crippen molar-refractivity contribution in [2.24, 2.45) is 10.9 Å². The molecule has 3 unspecified atom stereocenters. The van der Waals surface area contributed by atoms with Gasteiger partial charge in [-0.1, -0.05) is 18.7 Å². The zero-order chi connectivity index (χ0) is 18.1. The van der Waals surface area contributed by atoms with Crippen LogP contribution in [0.3, 0.4) is 0 Å². The van der Waals surface area contributed by atoms with E-state index in [2.05, 4.69) is 52.6 Å². The summed E-state index contributed by atoms with van der Waals surface area (Å²) in [6.45, 7) is 7.33. The van der Waals surface area contributed by atoms with Crippen LogP contribution >= 0.6 is 0 Å². The molecule has 26 heavy (non-hydrogen) atoms. The standard InChI is InChI=1S/C21H27FN4/c1-3-20(26-10-9-16(11-14(26)2)15-7-8-15)18-5-4-6-21(24-18)25-19-13-23-12-17(19)22/h3-4,6,9-11,15,17-19,23H,2,5,7-8,12-13H2,1H3,(H,24,25)/b20-3-. The van der Waals surface area contributed by atoms with E-state index in [1.54, 1.807) is 0 Å². The van der Waals surface area contributed by atoms with Gasteiger partial charge in [-0.2, -0.15) is 0 Å². The monoisotopic (exact) mass is 354 g/mol. The molecule has 4 aliphatic rings. The molecule has 3 atom stereocenters. The summed E-state index contributed by atoms with van der Waals surface area (Å²) in [5, 5.41) is 6.32. The first-order valence-corrected chi connectivity index (χ1v) is 9.55. The van der Waals surface area contributed by atoms with Crippen molar-refractivity contribution in [3.8, 4) is 0 Å². The summed E-state index contributed by atoms with van der Waals surface area (Å²) >= 11 is 0. The van der Waals surface area contributed by atoms with Crippen LogP contribution in [0.25, 0.3) is 0 Å². The van der Waals surface area contributed by atoms with Gasteiger partial charge in [-0.05, 0) is 55.9 Å². The molecule has 1 aliphatic carbocycles. The van der Waals surface area contributed by atoms with Crippen LogP contribution in [0.1, 0.15) is 26.2 Å². The van der Waals surface area contributed by atoms with Gasteiger partial charge in [-0.3, -0.25) is 4.99 Å². The van der Waals surface area contributed by atoms with Gasteiger partial charge >= 0.3 is 0 Å². The molecule has 3 heterocycles. The van der Waals surface area contributed by atoms with Crippen molar-refractivity contribution in [1.29, 1.82) is 0 Å². The Labute approximate surface area is 154 Å². The molecule has 0 bridgehead atoms. The number of dihydropyridines is 1. The van der Waals surface area contributed by atoms with E-state index in [0.29, 0.717) is 13.1 Å². The van der Waals surface area contributed by atoms with Crippen LogP contribution in [0.4, 0.5) is 4.39 Å². The first-order chi connectivity index (χ1) is 12.7. The van der Waals surface area contributed by atoms with Crippen molar-refractivity contribution in [2.45, 2.75) is 44.4 Å². The minimum Gasteiger partial charge on any atom is -0.363 e. The predicted molar refractivity (Wildman–Crippen MR) is 104 cm³/mol. The quantitative estimate of drug-likeness (QED) is 0.814. The second kappa shape index (κ2) is 7.23. The van der Waals surface area contributed by atoms with Crippen molar-refractivity contribution in [2.75, 3.05) is 13.1 Å². The molecule has 5 heteroatoms. The number of hydrogen-bond acceptors (Lipinski definition) is 4. The molecule has 2 fully saturated rings. The smallest absolute Gasteiger partial charge is 0.134 e. The highest BCUT2D eigenvalue weighted by molar-refractivity contribution is 5.94. The Balaban J connectivity index is 1.47. The lowest BCUT2D eigenvalue weighted by Gasteiger charge is -2.32. The summed E-state index contributed by atoms with van der Waals surface area (Å²) in [4.78, 5) is 6.98. The van der Waals surface area contributed by atoms with E-state index in [0.717, 1.165) is 29.6 Å². The van der Waals surface area contributed by atoms with Gasteiger partial charge in [0.15, 0.2) is 0 Å². The maximum absolute atomic E-state index is 13.9. The van der Waals surface area contributed by atoms with Crippen molar-refractivity contribution in [1.82, 2.24) is 15.5 Å². The Kier molecular flexibility index (Phi) is 4.81. The van der Waals surface area contributed by atoms with E-state index in [1.165, 1.54) is 18.4 Å². The molecule has 1 saturated carbocycles. The van der Waals surface area contributed by atoms with Crippen LogP contribution in [-0.4, -0.2) is 42.1 Å². The van der Waals surface area contributed by atoms with E-state index in [-0.39, 0.29) is 12.1 Å². The van der Waals surface area contributed by atoms with Crippen molar-refractivity contribution >= 4 is 5.84 Å². The van der Waals surface area contributed by atoms with Gasteiger partial charge < -0.3 is 15.5 Å². The number of amidine groups is 1. The third kappa shape index (κ3) is 3.54. The third-order valence-electron chi connectivity index (χ3n) is 5.43. The number of nitrogens with zero attached hydrogens (tertiary/aromatic N) is 2. The second-order valence-corrected chi connectivity index (χ2v) is 7.40. The predicted octanol–water partition coefficient (Wildman–Crippen LogP) is 3.20. The van der Waals surface area contributed by atoms with Gasteiger partial charge in [-0.25, -0.2) is 4.39 Å². The number of aliphatic imine (C=N–C) groups is 1.